The van der Waals surface area contributed by atoms with Gasteiger partial charge >= 0.3 is 5.97 Å². The molecule has 240 valence electrons. The molecule has 2 aromatic rings. The van der Waals surface area contributed by atoms with Gasteiger partial charge in [-0.15, -0.1) is 0 Å². The standard InChI is InChI=1S/C16H19ClO5.C15H15ClO4.CH4O/c1-20-15(19)7-9-16(21-10-11-22-16)8-6-14(18)12-2-4-13(17)5-3-12;16-11-3-1-10(2-4-11)14(18)12-9-15(6-5-13(12)17)19-7-8-20-15;1-2/h2-5H,6-11H2,1H3;1-4,12H,5-9H2;2H,1H3. The molecule has 44 heavy (non-hydrogen) atoms. The van der Waals surface area contributed by atoms with Crippen LogP contribution in [0.3, 0.4) is 0 Å². The molecule has 12 heteroatoms. The lowest BCUT2D eigenvalue weighted by molar-refractivity contribution is -0.185. The third-order valence-corrected chi connectivity index (χ3v) is 8.07. The Hall–Kier alpha value is -2.70. The number of aliphatic hydroxyl groups excluding tert-OH is 1. The number of hydrogen-bond acceptors (Lipinski definition) is 10. The van der Waals surface area contributed by atoms with Gasteiger partial charge in [0, 0.05) is 66.8 Å². The molecule has 1 unspecified atom stereocenters. The topological polar surface area (TPSA) is 135 Å². The first-order chi connectivity index (χ1) is 21.1. The predicted molar refractivity (Wildman–Crippen MR) is 162 cm³/mol. The minimum atomic E-state index is -0.865. The Morgan fingerprint density at radius 3 is 1.86 bits per heavy atom. The van der Waals surface area contributed by atoms with Crippen molar-refractivity contribution >= 4 is 46.5 Å². The van der Waals surface area contributed by atoms with Gasteiger partial charge in [0.15, 0.2) is 23.1 Å². The van der Waals surface area contributed by atoms with E-state index in [1.807, 2.05) is 0 Å². The largest absolute Gasteiger partial charge is 0.469 e. The van der Waals surface area contributed by atoms with Crippen LogP contribution in [0.5, 0.6) is 0 Å². The summed E-state index contributed by atoms with van der Waals surface area (Å²) in [6.45, 7) is 1.98. The van der Waals surface area contributed by atoms with E-state index in [0.29, 0.717) is 79.7 Å². The third kappa shape index (κ3) is 9.90. The minimum Gasteiger partial charge on any atom is -0.469 e. The average Bonchev–Trinajstić information content (AvgIpc) is 3.72. The van der Waals surface area contributed by atoms with Crippen molar-refractivity contribution in [3.05, 3.63) is 69.7 Å². The summed E-state index contributed by atoms with van der Waals surface area (Å²) in [5.74, 6) is -2.81. The molecule has 0 amide bonds. The molecule has 10 nitrogen and oxygen atoms in total. The highest BCUT2D eigenvalue weighted by atomic mass is 35.5. The van der Waals surface area contributed by atoms with Gasteiger partial charge in [-0.3, -0.25) is 19.2 Å². The van der Waals surface area contributed by atoms with Gasteiger partial charge in [-0.05, 0) is 48.5 Å². The SMILES string of the molecule is CO.COC(=O)CCC1(CCC(=O)c2ccc(Cl)cc2)OCCO1.O=C1CCC2(CC1C(=O)c1ccc(Cl)cc1)OCCO2. The van der Waals surface area contributed by atoms with E-state index in [2.05, 4.69) is 4.74 Å². The molecule has 0 bridgehead atoms. The number of methoxy groups -OCH3 is 1. The molecule has 1 saturated carbocycles. The molecule has 2 saturated heterocycles. The molecule has 0 aromatic heterocycles. The first-order valence-corrected chi connectivity index (χ1v) is 15.1. The molecule has 1 N–H and O–H groups in total. The smallest absolute Gasteiger partial charge is 0.305 e. The Bertz CT molecular complexity index is 1250. The lowest BCUT2D eigenvalue weighted by atomic mass is 9.79. The van der Waals surface area contributed by atoms with Crippen molar-refractivity contribution in [2.24, 2.45) is 5.92 Å². The quantitative estimate of drug-likeness (QED) is 0.218. The number of rotatable bonds is 9. The lowest BCUT2D eigenvalue weighted by Crippen LogP contribution is -2.43. The Balaban J connectivity index is 0.000000228. The summed E-state index contributed by atoms with van der Waals surface area (Å²) < 4.78 is 27.1. The first kappa shape index (κ1) is 35.8. The van der Waals surface area contributed by atoms with Gasteiger partial charge in [0.05, 0.1) is 45.9 Å². The second-order valence-electron chi connectivity index (χ2n) is 10.3. The van der Waals surface area contributed by atoms with Crippen molar-refractivity contribution in [1.82, 2.24) is 0 Å². The van der Waals surface area contributed by atoms with Crippen LogP contribution in [0.2, 0.25) is 10.0 Å². The van der Waals surface area contributed by atoms with E-state index in [-0.39, 0.29) is 36.2 Å². The van der Waals surface area contributed by atoms with Gasteiger partial charge in [-0.2, -0.15) is 0 Å². The maximum atomic E-state index is 12.5. The number of ether oxygens (including phenoxy) is 5. The van der Waals surface area contributed by atoms with Crippen LogP contribution in [0.1, 0.15) is 65.7 Å². The molecule has 2 aromatic carbocycles. The summed E-state index contributed by atoms with van der Waals surface area (Å²) in [5.41, 5.74) is 1.10. The van der Waals surface area contributed by atoms with E-state index < -0.39 is 17.5 Å². The Morgan fingerprint density at radius 1 is 0.818 bits per heavy atom. The highest BCUT2D eigenvalue weighted by molar-refractivity contribution is 6.31. The zero-order valence-electron chi connectivity index (χ0n) is 24.9. The van der Waals surface area contributed by atoms with E-state index in [1.54, 1.807) is 48.5 Å². The molecule has 5 rings (SSSR count). The Morgan fingerprint density at radius 2 is 1.32 bits per heavy atom. The van der Waals surface area contributed by atoms with Crippen molar-refractivity contribution in [2.75, 3.05) is 40.6 Å². The molecular formula is C32H38Cl2O10. The number of esters is 1. The molecular weight excluding hydrogens is 615 g/mol. The van der Waals surface area contributed by atoms with E-state index in [9.17, 15) is 19.2 Å². The van der Waals surface area contributed by atoms with Gasteiger partial charge in [0.1, 0.15) is 5.78 Å². The number of halogens is 2. The van der Waals surface area contributed by atoms with E-state index in [1.165, 1.54) is 7.11 Å². The van der Waals surface area contributed by atoms with Crippen LogP contribution in [0, 0.1) is 5.92 Å². The molecule has 3 aliphatic rings. The number of hydrogen-bond donors (Lipinski definition) is 1. The second-order valence-corrected chi connectivity index (χ2v) is 11.2. The summed E-state index contributed by atoms with van der Waals surface area (Å²) in [4.78, 5) is 48.0. The van der Waals surface area contributed by atoms with Crippen molar-refractivity contribution in [1.29, 1.82) is 0 Å². The summed E-state index contributed by atoms with van der Waals surface area (Å²) in [6, 6.07) is 13.4. The maximum Gasteiger partial charge on any atom is 0.305 e. The van der Waals surface area contributed by atoms with Crippen LogP contribution in [0.25, 0.3) is 0 Å². The summed E-state index contributed by atoms with van der Waals surface area (Å²) in [5, 5.41) is 8.16. The van der Waals surface area contributed by atoms with Crippen LogP contribution >= 0.6 is 23.2 Å². The highest BCUT2D eigenvalue weighted by Crippen LogP contribution is 2.38. The zero-order valence-corrected chi connectivity index (χ0v) is 26.4. The minimum absolute atomic E-state index is 0.00629. The van der Waals surface area contributed by atoms with Crippen molar-refractivity contribution in [2.45, 2.75) is 56.5 Å². The number of carbonyl (C=O) groups excluding carboxylic acids is 4. The zero-order chi connectivity index (χ0) is 32.2. The van der Waals surface area contributed by atoms with Crippen molar-refractivity contribution < 1.29 is 48.0 Å². The predicted octanol–water partition coefficient (Wildman–Crippen LogP) is 5.24. The average molecular weight is 654 g/mol. The normalized spacial score (nSPS) is 19.8. The van der Waals surface area contributed by atoms with Gasteiger partial charge in [-0.25, -0.2) is 0 Å². The number of Topliss-reactive ketones (excluding diaryl/α,β-unsaturated/α-hetero) is 3. The van der Waals surface area contributed by atoms with Crippen molar-refractivity contribution in [3.63, 3.8) is 0 Å². The summed E-state index contributed by atoms with van der Waals surface area (Å²) in [7, 11) is 2.34. The fraction of sp³-hybridized carbons (Fsp3) is 0.500. The molecule has 0 radical (unpaired) electrons. The number of benzene rings is 2. The van der Waals surface area contributed by atoms with Crippen LogP contribution in [0.15, 0.2) is 48.5 Å². The van der Waals surface area contributed by atoms with Gasteiger partial charge < -0.3 is 28.8 Å². The van der Waals surface area contributed by atoms with Gasteiger partial charge in [0.2, 0.25) is 0 Å². The molecule has 3 fully saturated rings. The van der Waals surface area contributed by atoms with Gasteiger partial charge in [0.25, 0.3) is 0 Å². The third-order valence-electron chi connectivity index (χ3n) is 7.57. The van der Waals surface area contributed by atoms with Crippen LogP contribution in [-0.4, -0.2) is 80.6 Å². The molecule has 1 atom stereocenters. The van der Waals surface area contributed by atoms with E-state index in [4.69, 9.17) is 47.3 Å². The van der Waals surface area contributed by atoms with Crippen molar-refractivity contribution in [3.8, 4) is 0 Å². The Labute approximate surface area is 266 Å². The number of carbonyl (C=O) groups is 4. The fourth-order valence-corrected chi connectivity index (χ4v) is 5.47. The van der Waals surface area contributed by atoms with Crippen LogP contribution < -0.4 is 0 Å². The monoisotopic (exact) mass is 652 g/mol. The molecule has 2 aliphatic heterocycles. The van der Waals surface area contributed by atoms with Crippen LogP contribution in [-0.2, 0) is 33.3 Å². The van der Waals surface area contributed by atoms with Crippen LogP contribution in [0.4, 0.5) is 0 Å². The second kappa shape index (κ2) is 17.1. The van der Waals surface area contributed by atoms with Gasteiger partial charge in [-0.1, -0.05) is 23.2 Å². The molecule has 1 aliphatic carbocycles. The fourth-order valence-electron chi connectivity index (χ4n) is 5.22. The van der Waals surface area contributed by atoms with E-state index >= 15 is 0 Å². The molecule has 1 spiro atoms. The first-order valence-electron chi connectivity index (χ1n) is 14.3. The highest BCUT2D eigenvalue weighted by Gasteiger charge is 2.47. The summed E-state index contributed by atoms with van der Waals surface area (Å²) in [6.07, 6.45) is 2.45. The summed E-state index contributed by atoms with van der Waals surface area (Å²) >= 11 is 11.6. The van der Waals surface area contributed by atoms with E-state index in [0.717, 1.165) is 7.11 Å². The molecule has 2 heterocycles. The lowest BCUT2D eigenvalue weighted by Gasteiger charge is -2.34. The maximum absolute atomic E-state index is 12.5. The number of aliphatic hydroxyl groups is 1. The number of ketones is 3. The Kier molecular flexibility index (Phi) is 13.9.